The highest BCUT2D eigenvalue weighted by Crippen LogP contribution is 2.11. The maximum atomic E-state index is 13.0. The number of halogens is 2. The molecule has 100 valence electrons. The minimum atomic E-state index is -0.184. The number of hydrogen-bond donors (Lipinski definition) is 1. The fourth-order valence-corrected chi connectivity index (χ4v) is 2.19. The van der Waals surface area contributed by atoms with Gasteiger partial charge >= 0.3 is 0 Å². The average Bonchev–Trinajstić information content (AvgIpc) is 2.41. The Morgan fingerprint density at radius 2 is 1.84 bits per heavy atom. The molecular formula is C16H17ClFN. The van der Waals surface area contributed by atoms with Gasteiger partial charge in [0.2, 0.25) is 0 Å². The molecule has 2 aromatic rings. The molecule has 0 saturated carbocycles. The smallest absolute Gasteiger partial charge is 0.123 e. The van der Waals surface area contributed by atoms with Gasteiger partial charge in [-0.1, -0.05) is 30.3 Å². The lowest BCUT2D eigenvalue weighted by molar-refractivity contribution is 0.623. The second-order valence-electron chi connectivity index (χ2n) is 4.63. The zero-order chi connectivity index (χ0) is 13.7. The van der Waals surface area contributed by atoms with Crippen molar-refractivity contribution >= 4 is 11.6 Å². The summed E-state index contributed by atoms with van der Waals surface area (Å²) in [6, 6.07) is 13.1. The van der Waals surface area contributed by atoms with Gasteiger partial charge in [-0.3, -0.25) is 0 Å². The molecule has 0 aliphatic heterocycles. The molecule has 0 atom stereocenters. The molecule has 0 fully saturated rings. The van der Waals surface area contributed by atoms with Crippen molar-refractivity contribution in [3.63, 3.8) is 0 Å². The molecule has 0 radical (unpaired) electrons. The molecule has 0 amide bonds. The van der Waals surface area contributed by atoms with E-state index < -0.39 is 0 Å². The first-order valence-electron chi connectivity index (χ1n) is 6.28. The van der Waals surface area contributed by atoms with E-state index in [1.165, 1.54) is 11.6 Å². The molecular weight excluding hydrogens is 261 g/mol. The molecule has 1 N–H and O–H groups in total. The first-order valence-corrected chi connectivity index (χ1v) is 6.82. The lowest BCUT2D eigenvalue weighted by atomic mass is 10.1. The topological polar surface area (TPSA) is 12.0 Å². The third-order valence-corrected chi connectivity index (χ3v) is 3.40. The van der Waals surface area contributed by atoms with Crippen molar-refractivity contribution in [3.05, 3.63) is 70.5 Å². The van der Waals surface area contributed by atoms with Crippen LogP contribution in [0.1, 0.15) is 22.3 Å². The predicted molar refractivity (Wildman–Crippen MR) is 77.7 cm³/mol. The molecule has 2 aromatic carbocycles. The van der Waals surface area contributed by atoms with Crippen molar-refractivity contribution in [3.8, 4) is 0 Å². The van der Waals surface area contributed by atoms with Crippen LogP contribution in [-0.2, 0) is 19.0 Å². The normalized spacial score (nSPS) is 10.7. The fourth-order valence-electron chi connectivity index (χ4n) is 2.02. The SMILES string of the molecule is Cc1cc(F)ccc1CNCc1cccc(CCl)c1. The second kappa shape index (κ2) is 6.69. The molecule has 0 saturated heterocycles. The highest BCUT2D eigenvalue weighted by atomic mass is 35.5. The Bertz CT molecular complexity index is 554. The van der Waals surface area contributed by atoms with Crippen LogP contribution in [0, 0.1) is 12.7 Å². The quantitative estimate of drug-likeness (QED) is 0.809. The lowest BCUT2D eigenvalue weighted by Gasteiger charge is -2.08. The van der Waals surface area contributed by atoms with Crippen molar-refractivity contribution in [1.29, 1.82) is 0 Å². The van der Waals surface area contributed by atoms with Gasteiger partial charge in [-0.2, -0.15) is 0 Å². The predicted octanol–water partition coefficient (Wildman–Crippen LogP) is 4.16. The van der Waals surface area contributed by atoms with E-state index in [4.69, 9.17) is 11.6 Å². The summed E-state index contributed by atoms with van der Waals surface area (Å²) in [6.07, 6.45) is 0. The van der Waals surface area contributed by atoms with E-state index in [9.17, 15) is 4.39 Å². The fraction of sp³-hybridized carbons (Fsp3) is 0.250. The van der Waals surface area contributed by atoms with Crippen LogP contribution in [0.3, 0.4) is 0 Å². The largest absolute Gasteiger partial charge is 0.309 e. The van der Waals surface area contributed by atoms with Crippen LogP contribution in [0.2, 0.25) is 0 Å². The van der Waals surface area contributed by atoms with Crippen molar-refractivity contribution < 1.29 is 4.39 Å². The van der Waals surface area contributed by atoms with Gasteiger partial charge in [0.1, 0.15) is 5.82 Å². The van der Waals surface area contributed by atoms with Gasteiger partial charge in [-0.15, -0.1) is 11.6 Å². The zero-order valence-corrected chi connectivity index (χ0v) is 11.7. The van der Waals surface area contributed by atoms with E-state index in [-0.39, 0.29) is 5.82 Å². The highest BCUT2D eigenvalue weighted by molar-refractivity contribution is 6.17. The van der Waals surface area contributed by atoms with Gasteiger partial charge in [-0.25, -0.2) is 4.39 Å². The number of benzene rings is 2. The summed E-state index contributed by atoms with van der Waals surface area (Å²) < 4.78 is 13.0. The van der Waals surface area contributed by atoms with Gasteiger partial charge in [0.25, 0.3) is 0 Å². The Labute approximate surface area is 118 Å². The summed E-state index contributed by atoms with van der Waals surface area (Å²) in [4.78, 5) is 0. The second-order valence-corrected chi connectivity index (χ2v) is 4.90. The average molecular weight is 278 g/mol. The van der Waals surface area contributed by atoms with E-state index >= 15 is 0 Å². The minimum absolute atomic E-state index is 0.184. The van der Waals surface area contributed by atoms with Gasteiger partial charge < -0.3 is 5.32 Å². The summed E-state index contributed by atoms with van der Waals surface area (Å²) in [5, 5.41) is 3.36. The number of aryl methyl sites for hydroxylation is 1. The molecule has 19 heavy (non-hydrogen) atoms. The monoisotopic (exact) mass is 277 g/mol. The van der Waals surface area contributed by atoms with Crippen LogP contribution in [0.25, 0.3) is 0 Å². The summed E-state index contributed by atoms with van der Waals surface area (Å²) in [5.74, 6) is 0.348. The molecule has 0 aliphatic rings. The number of hydrogen-bond acceptors (Lipinski definition) is 1. The van der Waals surface area contributed by atoms with Crippen LogP contribution >= 0.6 is 11.6 Å². The first kappa shape index (κ1) is 14.0. The summed E-state index contributed by atoms with van der Waals surface area (Å²) >= 11 is 5.81. The van der Waals surface area contributed by atoms with E-state index in [0.717, 1.165) is 29.8 Å². The van der Waals surface area contributed by atoms with Gasteiger partial charge in [0.05, 0.1) is 0 Å². The molecule has 2 rings (SSSR count). The standard InChI is InChI=1S/C16H17ClFN/c1-12-7-16(18)6-5-15(12)11-19-10-14-4-2-3-13(8-14)9-17/h2-8,19H,9-11H2,1H3. The van der Waals surface area contributed by atoms with Crippen molar-refractivity contribution in [2.45, 2.75) is 25.9 Å². The molecule has 0 bridgehead atoms. The third-order valence-electron chi connectivity index (χ3n) is 3.09. The third kappa shape index (κ3) is 4.05. The molecule has 0 aliphatic carbocycles. The molecule has 0 unspecified atom stereocenters. The van der Waals surface area contributed by atoms with E-state index in [0.29, 0.717) is 5.88 Å². The molecule has 3 heteroatoms. The van der Waals surface area contributed by atoms with Gasteiger partial charge in [0, 0.05) is 19.0 Å². The molecule has 1 nitrogen and oxygen atoms in total. The molecule has 0 heterocycles. The van der Waals surface area contributed by atoms with Gasteiger partial charge in [-0.05, 0) is 41.3 Å². The van der Waals surface area contributed by atoms with Crippen LogP contribution < -0.4 is 5.32 Å². The van der Waals surface area contributed by atoms with E-state index in [2.05, 4.69) is 17.4 Å². The maximum Gasteiger partial charge on any atom is 0.123 e. The Kier molecular flexibility index (Phi) is 4.94. The number of rotatable bonds is 5. The maximum absolute atomic E-state index is 13.0. The van der Waals surface area contributed by atoms with Crippen molar-refractivity contribution in [2.24, 2.45) is 0 Å². The summed E-state index contributed by atoms with van der Waals surface area (Å²) in [6.45, 7) is 3.44. The number of nitrogens with one attached hydrogen (secondary N) is 1. The van der Waals surface area contributed by atoms with Crippen molar-refractivity contribution in [1.82, 2.24) is 5.32 Å². The highest BCUT2D eigenvalue weighted by Gasteiger charge is 2.00. The van der Waals surface area contributed by atoms with Crippen molar-refractivity contribution in [2.75, 3.05) is 0 Å². The van der Waals surface area contributed by atoms with Crippen LogP contribution in [0.5, 0.6) is 0 Å². The lowest BCUT2D eigenvalue weighted by Crippen LogP contribution is -2.13. The summed E-state index contributed by atoms with van der Waals surface area (Å²) in [5.41, 5.74) is 4.42. The minimum Gasteiger partial charge on any atom is -0.309 e. The summed E-state index contributed by atoms with van der Waals surface area (Å²) in [7, 11) is 0. The Morgan fingerprint density at radius 3 is 2.58 bits per heavy atom. The Hall–Kier alpha value is -1.38. The van der Waals surface area contributed by atoms with Crippen LogP contribution in [-0.4, -0.2) is 0 Å². The van der Waals surface area contributed by atoms with Gasteiger partial charge in [0.15, 0.2) is 0 Å². The van der Waals surface area contributed by atoms with E-state index in [1.54, 1.807) is 6.07 Å². The Balaban J connectivity index is 1.92. The molecule has 0 aromatic heterocycles. The Morgan fingerprint density at radius 1 is 1.05 bits per heavy atom. The van der Waals surface area contributed by atoms with Crippen LogP contribution in [0.4, 0.5) is 4.39 Å². The number of alkyl halides is 1. The molecule has 0 spiro atoms. The van der Waals surface area contributed by atoms with Crippen LogP contribution in [0.15, 0.2) is 42.5 Å². The van der Waals surface area contributed by atoms with E-state index in [1.807, 2.05) is 25.1 Å². The first-order chi connectivity index (χ1) is 9.19. The zero-order valence-electron chi connectivity index (χ0n) is 10.9.